The number of ether oxygens (including phenoxy) is 1. The Labute approximate surface area is 129 Å². The molecule has 0 unspecified atom stereocenters. The minimum Gasteiger partial charge on any atom is -0.462 e. The topological polar surface area (TPSA) is 76.3 Å². The van der Waals surface area contributed by atoms with Gasteiger partial charge in [0.15, 0.2) is 0 Å². The van der Waals surface area contributed by atoms with Crippen LogP contribution in [-0.4, -0.2) is 21.0 Å². The molecule has 0 aliphatic rings. The molecule has 0 atom stereocenters. The van der Waals surface area contributed by atoms with Gasteiger partial charge in [-0.25, -0.2) is 4.79 Å². The van der Waals surface area contributed by atoms with Crippen LogP contribution in [0.2, 0.25) is 0 Å². The molecule has 1 aromatic heterocycles. The van der Waals surface area contributed by atoms with Crippen LogP contribution in [0.4, 0.5) is 0 Å². The SMILES string of the molecule is CCOC(=O)c1cc[n+](NS(=O)(=O)c2ccc(C)cc2)cc1. The van der Waals surface area contributed by atoms with E-state index in [0.29, 0.717) is 5.56 Å². The first-order chi connectivity index (χ1) is 10.4. The molecule has 0 spiro atoms. The van der Waals surface area contributed by atoms with E-state index in [1.165, 1.54) is 41.3 Å². The minimum absolute atomic E-state index is 0.167. The number of benzene rings is 1. The van der Waals surface area contributed by atoms with E-state index in [-0.39, 0.29) is 11.5 Å². The van der Waals surface area contributed by atoms with Crippen LogP contribution in [0.3, 0.4) is 0 Å². The van der Waals surface area contributed by atoms with Crippen molar-refractivity contribution in [1.29, 1.82) is 0 Å². The summed E-state index contributed by atoms with van der Waals surface area (Å²) >= 11 is 0. The highest BCUT2D eigenvalue weighted by Gasteiger charge is 2.18. The second-order valence-electron chi connectivity index (χ2n) is 4.62. The predicted octanol–water partition coefficient (Wildman–Crippen LogP) is 1.39. The molecular weight excluding hydrogens is 304 g/mol. The zero-order valence-electron chi connectivity index (χ0n) is 12.3. The van der Waals surface area contributed by atoms with Crippen LogP contribution in [0.25, 0.3) is 0 Å². The average Bonchev–Trinajstić information content (AvgIpc) is 2.48. The first-order valence-electron chi connectivity index (χ1n) is 6.70. The van der Waals surface area contributed by atoms with Gasteiger partial charge in [-0.2, -0.15) is 8.42 Å². The lowest BCUT2D eigenvalue weighted by Crippen LogP contribution is -2.47. The van der Waals surface area contributed by atoms with Gasteiger partial charge in [0.25, 0.3) is 0 Å². The molecule has 2 rings (SSSR count). The van der Waals surface area contributed by atoms with Gasteiger partial charge in [0.1, 0.15) is 0 Å². The quantitative estimate of drug-likeness (QED) is 0.667. The second-order valence-corrected chi connectivity index (χ2v) is 6.28. The maximum Gasteiger partial charge on any atom is 0.338 e. The van der Waals surface area contributed by atoms with Gasteiger partial charge in [-0.05, 0) is 26.0 Å². The van der Waals surface area contributed by atoms with Crippen LogP contribution >= 0.6 is 0 Å². The lowest BCUT2D eigenvalue weighted by Gasteiger charge is -2.04. The van der Waals surface area contributed by atoms with E-state index in [9.17, 15) is 13.2 Å². The Kier molecular flexibility index (Phi) is 4.77. The number of hydrogen-bond acceptors (Lipinski definition) is 4. The summed E-state index contributed by atoms with van der Waals surface area (Å²) in [7, 11) is -3.68. The van der Waals surface area contributed by atoms with Crippen LogP contribution < -0.4 is 9.51 Å². The number of rotatable bonds is 5. The Balaban J connectivity index is 2.16. The van der Waals surface area contributed by atoms with Crippen molar-refractivity contribution in [1.82, 2.24) is 0 Å². The zero-order chi connectivity index (χ0) is 16.2. The van der Waals surface area contributed by atoms with E-state index in [1.54, 1.807) is 19.1 Å². The molecule has 1 heterocycles. The molecule has 0 saturated carbocycles. The first-order valence-corrected chi connectivity index (χ1v) is 8.18. The van der Waals surface area contributed by atoms with Crippen molar-refractivity contribution in [2.24, 2.45) is 0 Å². The molecule has 0 saturated heterocycles. The lowest BCUT2D eigenvalue weighted by molar-refractivity contribution is -0.636. The molecular formula is C15H17N2O4S+. The van der Waals surface area contributed by atoms with Crippen molar-refractivity contribution in [3.8, 4) is 0 Å². The number of carbonyl (C=O) groups is 1. The smallest absolute Gasteiger partial charge is 0.338 e. The third-order valence-corrected chi connectivity index (χ3v) is 4.24. The van der Waals surface area contributed by atoms with E-state index in [2.05, 4.69) is 4.83 Å². The molecule has 0 aliphatic carbocycles. The standard InChI is InChI=1S/C15H16N2O4S/c1-3-21-15(18)13-8-10-17(11-9-13)16-22(19,20)14-6-4-12(2)5-7-14/h4-11H,3H2,1-2H3/p+1. The second kappa shape index (κ2) is 6.57. The molecule has 7 heteroatoms. The Morgan fingerprint density at radius 1 is 1.14 bits per heavy atom. The monoisotopic (exact) mass is 321 g/mol. The van der Waals surface area contributed by atoms with E-state index in [4.69, 9.17) is 4.74 Å². The number of nitrogens with one attached hydrogen (secondary N) is 1. The summed E-state index contributed by atoms with van der Waals surface area (Å²) in [5.74, 6) is -0.448. The van der Waals surface area contributed by atoms with Gasteiger partial charge in [0.2, 0.25) is 12.4 Å². The van der Waals surface area contributed by atoms with E-state index >= 15 is 0 Å². The van der Waals surface area contributed by atoms with Crippen molar-refractivity contribution < 1.29 is 22.6 Å². The highest BCUT2D eigenvalue weighted by Crippen LogP contribution is 2.09. The van der Waals surface area contributed by atoms with Gasteiger partial charge < -0.3 is 4.74 Å². The van der Waals surface area contributed by atoms with Crippen molar-refractivity contribution in [2.45, 2.75) is 18.7 Å². The summed E-state index contributed by atoms with van der Waals surface area (Å²) in [5.41, 5.74) is 1.33. The van der Waals surface area contributed by atoms with Crippen LogP contribution in [0, 0.1) is 6.92 Å². The normalized spacial score (nSPS) is 11.0. The van der Waals surface area contributed by atoms with Gasteiger partial charge in [0, 0.05) is 12.1 Å². The fourth-order valence-electron chi connectivity index (χ4n) is 1.75. The molecule has 6 nitrogen and oxygen atoms in total. The molecule has 1 N–H and O–H groups in total. The van der Waals surface area contributed by atoms with E-state index < -0.39 is 16.0 Å². The zero-order valence-corrected chi connectivity index (χ0v) is 13.1. The number of nitrogens with zero attached hydrogens (tertiary/aromatic N) is 1. The van der Waals surface area contributed by atoms with Gasteiger partial charge in [-0.15, -0.1) is 0 Å². The summed E-state index contributed by atoms with van der Waals surface area (Å²) in [6.45, 7) is 3.89. The summed E-state index contributed by atoms with van der Waals surface area (Å²) in [6.07, 6.45) is 2.88. The molecule has 0 fully saturated rings. The Morgan fingerprint density at radius 3 is 2.27 bits per heavy atom. The average molecular weight is 321 g/mol. The molecule has 0 amide bonds. The molecule has 0 bridgehead atoms. The molecule has 116 valence electrons. The third-order valence-electron chi connectivity index (χ3n) is 2.90. The number of carbonyl (C=O) groups excluding carboxylic acids is 1. The van der Waals surface area contributed by atoms with Gasteiger partial charge in [-0.3, -0.25) is 0 Å². The molecule has 0 radical (unpaired) electrons. The third kappa shape index (κ3) is 3.82. The molecule has 22 heavy (non-hydrogen) atoms. The highest BCUT2D eigenvalue weighted by atomic mass is 32.2. The first kappa shape index (κ1) is 16.0. The highest BCUT2D eigenvalue weighted by molar-refractivity contribution is 7.92. The van der Waals surface area contributed by atoms with E-state index in [1.807, 2.05) is 6.92 Å². The van der Waals surface area contributed by atoms with Crippen molar-refractivity contribution >= 4 is 16.0 Å². The minimum atomic E-state index is -3.68. The van der Waals surface area contributed by atoms with Gasteiger partial charge in [0.05, 0.1) is 17.1 Å². The number of sulfonamides is 1. The van der Waals surface area contributed by atoms with Gasteiger partial charge in [-0.1, -0.05) is 27.2 Å². The maximum atomic E-state index is 12.2. The van der Waals surface area contributed by atoms with Crippen LogP contribution in [0.15, 0.2) is 53.7 Å². The lowest BCUT2D eigenvalue weighted by atomic mass is 10.2. The largest absolute Gasteiger partial charge is 0.462 e. The molecule has 0 aliphatic heterocycles. The number of hydrogen-bond donors (Lipinski definition) is 1. The number of esters is 1. The van der Waals surface area contributed by atoms with Crippen LogP contribution in [0.5, 0.6) is 0 Å². The number of aromatic nitrogens is 1. The molecule has 2 aromatic rings. The van der Waals surface area contributed by atoms with Crippen molar-refractivity contribution in [2.75, 3.05) is 11.4 Å². The summed E-state index contributed by atoms with van der Waals surface area (Å²) in [5, 5.41) is 0. The van der Waals surface area contributed by atoms with Crippen molar-refractivity contribution in [3.05, 3.63) is 59.9 Å². The fourth-order valence-corrected chi connectivity index (χ4v) is 2.75. The fraction of sp³-hybridized carbons (Fsp3) is 0.200. The summed E-state index contributed by atoms with van der Waals surface area (Å²) < 4.78 is 30.5. The Hall–Kier alpha value is -2.41. The summed E-state index contributed by atoms with van der Waals surface area (Å²) in [4.78, 5) is 14.1. The number of aryl methyl sites for hydroxylation is 1. The predicted molar refractivity (Wildman–Crippen MR) is 80.3 cm³/mol. The molecule has 1 aromatic carbocycles. The number of pyridine rings is 1. The van der Waals surface area contributed by atoms with Crippen molar-refractivity contribution in [3.63, 3.8) is 0 Å². The van der Waals surface area contributed by atoms with Crippen LogP contribution in [-0.2, 0) is 14.8 Å². The van der Waals surface area contributed by atoms with Gasteiger partial charge >= 0.3 is 16.0 Å². The van der Waals surface area contributed by atoms with E-state index in [0.717, 1.165) is 5.56 Å². The van der Waals surface area contributed by atoms with Crippen LogP contribution in [0.1, 0.15) is 22.8 Å². The summed E-state index contributed by atoms with van der Waals surface area (Å²) in [6, 6.07) is 9.48. The maximum absolute atomic E-state index is 12.2. The Morgan fingerprint density at radius 2 is 1.73 bits per heavy atom. The Bertz CT molecular complexity index is 753.